The lowest BCUT2D eigenvalue weighted by Gasteiger charge is -2.29. The minimum Gasteiger partial charge on any atom is -0.497 e. The van der Waals surface area contributed by atoms with Crippen molar-refractivity contribution in [3.63, 3.8) is 0 Å². The average molecular weight is 476 g/mol. The Labute approximate surface area is 196 Å². The molecule has 0 radical (unpaired) electrons. The van der Waals surface area contributed by atoms with Crippen LogP contribution in [0.2, 0.25) is 0 Å². The number of halogens is 3. The molecule has 2 aromatic carbocycles. The van der Waals surface area contributed by atoms with Gasteiger partial charge in [0.05, 0.1) is 30.0 Å². The molecule has 1 aliphatic rings. The Morgan fingerprint density at radius 1 is 1.12 bits per heavy atom. The molecule has 9 heteroatoms. The summed E-state index contributed by atoms with van der Waals surface area (Å²) < 4.78 is 45.4. The third-order valence-electron chi connectivity index (χ3n) is 5.77. The summed E-state index contributed by atoms with van der Waals surface area (Å²) in [6, 6.07) is 12.5. The van der Waals surface area contributed by atoms with Crippen molar-refractivity contribution in [2.45, 2.75) is 44.8 Å². The van der Waals surface area contributed by atoms with Gasteiger partial charge in [-0.05, 0) is 81.2 Å². The third-order valence-corrected chi connectivity index (χ3v) is 6.17. The number of ether oxygens (including phenoxy) is 1. The van der Waals surface area contributed by atoms with Crippen LogP contribution in [-0.2, 0) is 17.4 Å². The summed E-state index contributed by atoms with van der Waals surface area (Å²) in [4.78, 5) is 16.0. The van der Waals surface area contributed by atoms with E-state index in [1.165, 1.54) is 6.07 Å². The van der Waals surface area contributed by atoms with Crippen LogP contribution in [0.4, 0.5) is 18.9 Å². The maximum Gasteiger partial charge on any atom is 0.417 e. The molecule has 2 aromatic rings. The molecule has 1 saturated heterocycles. The molecule has 0 atom stereocenters. The Hall–Kier alpha value is -3.12. The standard InChI is InChI=1S/C24H24F3N3O2S/c1-23(2)21(31)30(18-10-9-17(15-28)20(14-18)24(25,26)27)22(33)29(23)13-5-4-6-16-7-11-19(32-3)12-8-16/h7-12,14H,4-6,13H2,1-3H3. The molecule has 0 unspecified atom stereocenters. The second-order valence-electron chi connectivity index (χ2n) is 8.28. The molecule has 1 aliphatic heterocycles. The van der Waals surface area contributed by atoms with Gasteiger partial charge in [-0.25, -0.2) is 0 Å². The Morgan fingerprint density at radius 3 is 2.36 bits per heavy atom. The van der Waals surface area contributed by atoms with Gasteiger partial charge in [-0.3, -0.25) is 9.69 Å². The zero-order valence-electron chi connectivity index (χ0n) is 18.6. The predicted molar refractivity (Wildman–Crippen MR) is 123 cm³/mol. The molecule has 1 heterocycles. The third kappa shape index (κ3) is 4.96. The molecular weight excluding hydrogens is 451 g/mol. The van der Waals surface area contributed by atoms with E-state index >= 15 is 0 Å². The van der Waals surface area contributed by atoms with Crippen molar-refractivity contribution in [1.29, 1.82) is 5.26 Å². The highest BCUT2D eigenvalue weighted by Crippen LogP contribution is 2.38. The lowest BCUT2D eigenvalue weighted by molar-refractivity contribution is -0.137. The maximum absolute atomic E-state index is 13.4. The number of amides is 1. The molecule has 3 rings (SSSR count). The van der Waals surface area contributed by atoms with E-state index in [1.54, 1.807) is 31.9 Å². The molecule has 5 nitrogen and oxygen atoms in total. The van der Waals surface area contributed by atoms with E-state index in [1.807, 2.05) is 24.3 Å². The van der Waals surface area contributed by atoms with Gasteiger partial charge >= 0.3 is 6.18 Å². The van der Waals surface area contributed by atoms with Crippen molar-refractivity contribution < 1.29 is 22.7 Å². The molecule has 0 saturated carbocycles. The van der Waals surface area contributed by atoms with Crippen molar-refractivity contribution >= 4 is 28.9 Å². The predicted octanol–water partition coefficient (Wildman–Crippen LogP) is 5.32. The molecule has 174 valence electrons. The minimum atomic E-state index is -4.72. The van der Waals surface area contributed by atoms with E-state index in [2.05, 4.69) is 0 Å². The first-order valence-corrected chi connectivity index (χ1v) is 10.8. The van der Waals surface area contributed by atoms with Crippen LogP contribution >= 0.6 is 12.2 Å². The number of methoxy groups -OCH3 is 1. The molecule has 0 bridgehead atoms. The molecule has 1 amide bonds. The topological polar surface area (TPSA) is 56.6 Å². The summed E-state index contributed by atoms with van der Waals surface area (Å²) >= 11 is 5.51. The van der Waals surface area contributed by atoms with E-state index in [0.29, 0.717) is 6.54 Å². The number of aryl methyl sites for hydroxylation is 1. The number of unbranched alkanes of at least 4 members (excludes halogenated alkanes) is 1. The fourth-order valence-corrected chi connectivity index (χ4v) is 4.34. The Balaban J connectivity index is 1.73. The molecule has 33 heavy (non-hydrogen) atoms. The van der Waals surface area contributed by atoms with Gasteiger partial charge in [0.2, 0.25) is 0 Å². The van der Waals surface area contributed by atoms with E-state index in [4.69, 9.17) is 22.2 Å². The number of hydrogen-bond acceptors (Lipinski definition) is 4. The summed E-state index contributed by atoms with van der Waals surface area (Å²) in [5.41, 5.74) is -1.42. The quantitative estimate of drug-likeness (QED) is 0.401. The van der Waals surface area contributed by atoms with Crippen LogP contribution in [0.1, 0.15) is 43.4 Å². The largest absolute Gasteiger partial charge is 0.497 e. The smallest absolute Gasteiger partial charge is 0.417 e. The van der Waals surface area contributed by atoms with Gasteiger partial charge in [0.15, 0.2) is 5.11 Å². The fourth-order valence-electron chi connectivity index (χ4n) is 3.83. The number of nitriles is 1. The number of nitrogens with zero attached hydrogens (tertiary/aromatic N) is 3. The second kappa shape index (κ2) is 9.40. The first-order chi connectivity index (χ1) is 15.5. The van der Waals surface area contributed by atoms with Crippen molar-refractivity contribution in [2.24, 2.45) is 0 Å². The Bertz CT molecular complexity index is 1090. The van der Waals surface area contributed by atoms with E-state index in [0.717, 1.165) is 47.6 Å². The summed E-state index contributed by atoms with van der Waals surface area (Å²) in [5.74, 6) is 0.387. The van der Waals surface area contributed by atoms with Gasteiger partial charge in [-0.1, -0.05) is 12.1 Å². The number of carbonyl (C=O) groups is 1. The van der Waals surface area contributed by atoms with E-state index in [-0.39, 0.29) is 10.8 Å². The minimum absolute atomic E-state index is 0.00475. The zero-order chi connectivity index (χ0) is 24.4. The normalized spacial score (nSPS) is 15.7. The van der Waals surface area contributed by atoms with Crippen LogP contribution in [0, 0.1) is 11.3 Å². The highest BCUT2D eigenvalue weighted by atomic mass is 32.1. The van der Waals surface area contributed by atoms with E-state index in [9.17, 15) is 18.0 Å². The van der Waals surface area contributed by atoms with Gasteiger partial charge in [-0.2, -0.15) is 18.4 Å². The first kappa shape index (κ1) is 24.5. The number of benzene rings is 2. The van der Waals surface area contributed by atoms with Gasteiger partial charge < -0.3 is 9.64 Å². The van der Waals surface area contributed by atoms with Crippen molar-refractivity contribution in [2.75, 3.05) is 18.6 Å². The number of hydrogen-bond donors (Lipinski definition) is 0. The summed E-state index contributed by atoms with van der Waals surface area (Å²) in [5, 5.41) is 9.18. The number of carbonyl (C=O) groups excluding carboxylic acids is 1. The highest BCUT2D eigenvalue weighted by Gasteiger charge is 2.49. The monoisotopic (exact) mass is 475 g/mol. The Morgan fingerprint density at radius 2 is 1.79 bits per heavy atom. The zero-order valence-corrected chi connectivity index (χ0v) is 19.4. The number of thiocarbonyl (C=S) groups is 1. The van der Waals surface area contributed by atoms with Crippen LogP contribution < -0.4 is 9.64 Å². The second-order valence-corrected chi connectivity index (χ2v) is 8.64. The van der Waals surface area contributed by atoms with Crippen LogP contribution in [0.25, 0.3) is 0 Å². The maximum atomic E-state index is 13.4. The van der Waals surface area contributed by atoms with E-state index < -0.39 is 28.7 Å². The SMILES string of the molecule is COc1ccc(CCCCN2C(=S)N(c3ccc(C#N)c(C(F)(F)F)c3)C(=O)C2(C)C)cc1. The summed E-state index contributed by atoms with van der Waals surface area (Å²) in [6.07, 6.45) is -2.28. The van der Waals surface area contributed by atoms with Gasteiger partial charge in [0.1, 0.15) is 11.3 Å². The van der Waals surface area contributed by atoms with Gasteiger partial charge in [0.25, 0.3) is 5.91 Å². The molecule has 0 aromatic heterocycles. The van der Waals surface area contributed by atoms with Crippen LogP contribution in [0.5, 0.6) is 5.75 Å². The van der Waals surface area contributed by atoms with Crippen molar-refractivity contribution in [1.82, 2.24) is 4.90 Å². The van der Waals surface area contributed by atoms with Gasteiger partial charge in [0, 0.05) is 6.54 Å². The lowest BCUT2D eigenvalue weighted by Crippen LogP contribution is -2.44. The molecule has 0 spiro atoms. The van der Waals surface area contributed by atoms with Crippen molar-refractivity contribution in [3.8, 4) is 11.8 Å². The summed E-state index contributed by atoms with van der Waals surface area (Å²) in [6.45, 7) is 3.91. The van der Waals surface area contributed by atoms with Crippen LogP contribution in [-0.4, -0.2) is 35.1 Å². The summed E-state index contributed by atoms with van der Waals surface area (Å²) in [7, 11) is 1.61. The van der Waals surface area contributed by atoms with Gasteiger partial charge in [-0.15, -0.1) is 0 Å². The number of alkyl halides is 3. The average Bonchev–Trinajstić information content (AvgIpc) is 2.94. The van der Waals surface area contributed by atoms with Crippen molar-refractivity contribution in [3.05, 3.63) is 59.2 Å². The molecule has 0 N–H and O–H groups in total. The molecule has 0 aliphatic carbocycles. The number of rotatable bonds is 7. The number of anilines is 1. The highest BCUT2D eigenvalue weighted by molar-refractivity contribution is 7.80. The van der Waals surface area contributed by atoms with Crippen LogP contribution in [0.3, 0.4) is 0 Å². The Kier molecular flexibility index (Phi) is 6.98. The van der Waals surface area contributed by atoms with Crippen LogP contribution in [0.15, 0.2) is 42.5 Å². The lowest BCUT2D eigenvalue weighted by atomic mass is 10.0. The molecule has 1 fully saturated rings. The molecular formula is C24H24F3N3O2S. The first-order valence-electron chi connectivity index (χ1n) is 10.4. The fraction of sp³-hybridized carbons (Fsp3) is 0.375.